The highest BCUT2D eigenvalue weighted by atomic mass is 33.1. The maximum atomic E-state index is 11.9. The van der Waals surface area contributed by atoms with Crippen LogP contribution in [-0.4, -0.2) is 69.9 Å². The van der Waals surface area contributed by atoms with Crippen LogP contribution in [0.1, 0.15) is 58.3 Å². The van der Waals surface area contributed by atoms with Gasteiger partial charge in [-0.25, -0.2) is 4.79 Å². The molecule has 5 N–H and O–H groups in total. The lowest BCUT2D eigenvalue weighted by molar-refractivity contribution is -0.178. The van der Waals surface area contributed by atoms with E-state index in [0.29, 0.717) is 30.9 Å². The van der Waals surface area contributed by atoms with Crippen molar-refractivity contribution in [3.8, 4) is 0 Å². The predicted molar refractivity (Wildman–Crippen MR) is 168 cm³/mol. The standard InChI is InChI=1S/C30H46N2O6S2/c1-2-3-4-5-6-7-8-9-10-11-12-13-14-15-16-17-18-19-20-21-28(35)31-22-24-39-40-25-23-32-30(38,29(36)37)27(34)26-33/h3-4,6-7,9-10,12-13,15-16,18-19,26-27,32,34,38H,2,5,8,11,14,17,20-25H2,1H3,(H,31,35)(H,36,37)/b4-3-,7-6-,10-9-,13-12-,16-15-,19-18-/t27-,30+/m0/s1. The largest absolute Gasteiger partial charge is 0.478 e. The van der Waals surface area contributed by atoms with E-state index in [1.165, 1.54) is 21.6 Å². The molecule has 224 valence electrons. The topological polar surface area (TPSA) is 136 Å². The van der Waals surface area contributed by atoms with Crippen molar-refractivity contribution in [3.05, 3.63) is 72.9 Å². The molecule has 0 rings (SSSR count). The molecule has 0 aliphatic carbocycles. The van der Waals surface area contributed by atoms with E-state index in [4.69, 9.17) is 5.11 Å². The fourth-order valence-corrected chi connectivity index (χ4v) is 4.79. The van der Waals surface area contributed by atoms with Gasteiger partial charge in [0.15, 0.2) is 12.4 Å². The lowest BCUT2D eigenvalue weighted by Gasteiger charge is -2.26. The highest BCUT2D eigenvalue weighted by Crippen LogP contribution is 2.19. The van der Waals surface area contributed by atoms with Crippen LogP contribution in [0.4, 0.5) is 0 Å². The number of carboxylic acids is 1. The van der Waals surface area contributed by atoms with Crippen LogP contribution in [0.3, 0.4) is 0 Å². The molecule has 8 nitrogen and oxygen atoms in total. The minimum atomic E-state index is -2.70. The van der Waals surface area contributed by atoms with Crippen LogP contribution in [0, 0.1) is 0 Å². The van der Waals surface area contributed by atoms with Crippen LogP contribution in [0.15, 0.2) is 72.9 Å². The third-order valence-corrected chi connectivity index (χ3v) is 7.60. The molecule has 2 atom stereocenters. The van der Waals surface area contributed by atoms with Gasteiger partial charge < -0.3 is 25.4 Å². The van der Waals surface area contributed by atoms with Gasteiger partial charge in [0.2, 0.25) is 11.6 Å². The quantitative estimate of drug-likeness (QED) is 0.0329. The van der Waals surface area contributed by atoms with Crippen molar-refractivity contribution in [1.82, 2.24) is 10.6 Å². The van der Waals surface area contributed by atoms with Crippen molar-refractivity contribution in [3.63, 3.8) is 0 Å². The first kappa shape index (κ1) is 37.6. The highest BCUT2D eigenvalue weighted by molar-refractivity contribution is 8.76. The average molecular weight is 595 g/mol. The second-order valence-corrected chi connectivity index (χ2v) is 11.2. The van der Waals surface area contributed by atoms with E-state index in [1.54, 1.807) is 0 Å². The normalized spacial score (nSPS) is 14.8. The zero-order chi connectivity index (χ0) is 29.7. The number of carboxylic acid groups (broad SMARTS) is 1. The first-order valence-electron chi connectivity index (χ1n) is 13.6. The monoisotopic (exact) mass is 594 g/mol. The first-order chi connectivity index (χ1) is 19.4. The summed E-state index contributed by atoms with van der Waals surface area (Å²) in [6, 6.07) is 0. The fourth-order valence-electron chi connectivity index (χ4n) is 2.98. The molecule has 10 heteroatoms. The van der Waals surface area contributed by atoms with Crippen LogP contribution < -0.4 is 10.6 Å². The Morgan fingerprint density at radius 2 is 1.23 bits per heavy atom. The second kappa shape index (κ2) is 26.8. The van der Waals surface area contributed by atoms with Crippen LogP contribution in [0.5, 0.6) is 0 Å². The summed E-state index contributed by atoms with van der Waals surface area (Å²) in [6.07, 6.45) is 30.6. The molecule has 0 fully saturated rings. The van der Waals surface area contributed by atoms with Crippen molar-refractivity contribution < 1.29 is 29.7 Å². The van der Waals surface area contributed by atoms with Crippen molar-refractivity contribution >= 4 is 39.8 Å². The number of amides is 1. The van der Waals surface area contributed by atoms with Gasteiger partial charge in [0.25, 0.3) is 0 Å². The van der Waals surface area contributed by atoms with E-state index in [9.17, 15) is 24.6 Å². The Kier molecular flexibility index (Phi) is 25.2. The molecular formula is C30H46N2O6S2. The molecule has 0 saturated heterocycles. The third kappa shape index (κ3) is 21.5. The highest BCUT2D eigenvalue weighted by Gasteiger charge is 2.43. The lowest BCUT2D eigenvalue weighted by Crippen LogP contribution is -2.61. The van der Waals surface area contributed by atoms with Gasteiger partial charge in [-0.05, 0) is 44.9 Å². The summed E-state index contributed by atoms with van der Waals surface area (Å²) in [7, 11) is 2.91. The summed E-state index contributed by atoms with van der Waals surface area (Å²) in [4.78, 5) is 33.5. The number of rotatable bonds is 25. The van der Waals surface area contributed by atoms with E-state index in [1.807, 2.05) is 6.08 Å². The summed E-state index contributed by atoms with van der Waals surface area (Å²) in [5, 5.41) is 33.2. The number of aliphatic hydroxyl groups excluding tert-OH is 1. The Labute approximate surface area is 247 Å². The van der Waals surface area contributed by atoms with Crippen LogP contribution in [0.2, 0.25) is 0 Å². The number of hydrogen-bond acceptors (Lipinski definition) is 8. The molecule has 0 aromatic heterocycles. The molecule has 0 bridgehead atoms. The van der Waals surface area contributed by atoms with Crippen molar-refractivity contribution in [2.45, 2.75) is 70.1 Å². The summed E-state index contributed by atoms with van der Waals surface area (Å²) >= 11 is 0. The molecule has 1 amide bonds. The Morgan fingerprint density at radius 1 is 0.775 bits per heavy atom. The van der Waals surface area contributed by atoms with E-state index >= 15 is 0 Å². The molecule has 0 aliphatic heterocycles. The molecule has 0 saturated carbocycles. The molecule has 0 unspecified atom stereocenters. The fraction of sp³-hybridized carbons (Fsp3) is 0.500. The summed E-state index contributed by atoms with van der Waals surface area (Å²) in [5.74, 6) is -0.642. The van der Waals surface area contributed by atoms with Crippen LogP contribution in [-0.2, 0) is 14.4 Å². The Balaban J connectivity index is 3.69. The van der Waals surface area contributed by atoms with Gasteiger partial charge in [-0.1, -0.05) is 101 Å². The minimum absolute atomic E-state index is 0.0128. The van der Waals surface area contributed by atoms with Crippen LogP contribution in [0.25, 0.3) is 0 Å². The molecular weight excluding hydrogens is 548 g/mol. The van der Waals surface area contributed by atoms with Gasteiger partial charge in [0.1, 0.15) is 0 Å². The number of aliphatic hydroxyl groups is 2. The zero-order valence-corrected chi connectivity index (χ0v) is 25.1. The average Bonchev–Trinajstić information content (AvgIpc) is 2.94. The smallest absolute Gasteiger partial charge is 0.354 e. The van der Waals surface area contributed by atoms with Gasteiger partial charge in [-0.2, -0.15) is 0 Å². The van der Waals surface area contributed by atoms with Gasteiger partial charge >= 0.3 is 5.97 Å². The SMILES string of the molecule is CC/C=C\C/C=C\C/C=C\C/C=C\C/C=C\C/C=C\CCC(=O)NCCSSCCN[C@](O)(C(=O)O)[C@@H](O)C=O. The summed E-state index contributed by atoms with van der Waals surface area (Å²) < 4.78 is 0. The van der Waals surface area contributed by atoms with Gasteiger partial charge in [-0.15, -0.1) is 0 Å². The number of aldehydes is 1. The third-order valence-electron chi connectivity index (χ3n) is 5.19. The zero-order valence-electron chi connectivity index (χ0n) is 23.5. The van der Waals surface area contributed by atoms with E-state index < -0.39 is 17.8 Å². The van der Waals surface area contributed by atoms with Gasteiger partial charge in [0.05, 0.1) is 0 Å². The number of aliphatic carboxylic acids is 1. The lowest BCUT2D eigenvalue weighted by atomic mass is 10.1. The molecule has 0 aliphatic rings. The van der Waals surface area contributed by atoms with Crippen molar-refractivity contribution in [2.75, 3.05) is 24.6 Å². The van der Waals surface area contributed by atoms with Crippen molar-refractivity contribution in [1.29, 1.82) is 0 Å². The number of carbonyl (C=O) groups excluding carboxylic acids is 2. The van der Waals surface area contributed by atoms with Gasteiger partial charge in [0, 0.05) is 31.0 Å². The Morgan fingerprint density at radius 3 is 1.68 bits per heavy atom. The van der Waals surface area contributed by atoms with E-state index in [2.05, 4.69) is 84.4 Å². The number of allylic oxidation sites excluding steroid dienone is 12. The van der Waals surface area contributed by atoms with E-state index in [0.717, 1.165) is 38.5 Å². The van der Waals surface area contributed by atoms with Crippen LogP contribution >= 0.6 is 21.6 Å². The number of carbonyl (C=O) groups is 3. The molecule has 0 aromatic carbocycles. The first-order valence-corrected chi connectivity index (χ1v) is 16.1. The summed E-state index contributed by atoms with van der Waals surface area (Å²) in [6.45, 7) is 2.72. The van der Waals surface area contributed by atoms with E-state index in [-0.39, 0.29) is 18.7 Å². The maximum Gasteiger partial charge on any atom is 0.354 e. The molecule has 0 radical (unpaired) electrons. The Bertz CT molecular complexity index is 870. The maximum absolute atomic E-state index is 11.9. The number of hydrogen-bond donors (Lipinski definition) is 5. The van der Waals surface area contributed by atoms with Crippen molar-refractivity contribution in [2.24, 2.45) is 0 Å². The molecule has 40 heavy (non-hydrogen) atoms. The number of nitrogens with one attached hydrogen (secondary N) is 2. The van der Waals surface area contributed by atoms with Gasteiger partial charge in [-0.3, -0.25) is 10.1 Å². The second-order valence-electron chi connectivity index (χ2n) is 8.53. The summed E-state index contributed by atoms with van der Waals surface area (Å²) in [5.41, 5.74) is -2.70. The molecule has 0 aromatic rings. The molecule has 0 spiro atoms. The molecule has 0 heterocycles. The predicted octanol–water partition coefficient (Wildman–Crippen LogP) is 4.88. The minimum Gasteiger partial charge on any atom is -0.478 e. The Hall–Kier alpha value is -2.37.